The summed E-state index contributed by atoms with van der Waals surface area (Å²) in [5.74, 6) is 0. The van der Waals surface area contributed by atoms with Gasteiger partial charge in [-0.2, -0.15) is 0 Å². The molecular formula is C17H13N5. The number of fused-ring (bicyclic) bond motifs is 1. The number of hydrogen-bond donors (Lipinski definition) is 0. The average molecular weight is 287 g/mol. The monoisotopic (exact) mass is 287 g/mol. The molecule has 0 aliphatic heterocycles. The number of hydrogen-bond acceptors (Lipinski definition) is 4. The lowest BCUT2D eigenvalue weighted by Crippen LogP contribution is -1.99. The van der Waals surface area contributed by atoms with Crippen molar-refractivity contribution in [2.45, 2.75) is 6.54 Å². The molecule has 0 saturated heterocycles. The van der Waals surface area contributed by atoms with E-state index in [1.807, 2.05) is 41.2 Å². The number of pyridine rings is 1. The highest BCUT2D eigenvalue weighted by atomic mass is 15.1. The van der Waals surface area contributed by atoms with E-state index in [1.165, 1.54) is 5.56 Å². The van der Waals surface area contributed by atoms with E-state index < -0.39 is 0 Å². The number of aromatic nitrogens is 5. The molecule has 0 bridgehead atoms. The number of benzene rings is 1. The molecule has 0 spiro atoms. The Morgan fingerprint density at radius 2 is 1.82 bits per heavy atom. The van der Waals surface area contributed by atoms with Crippen molar-refractivity contribution < 1.29 is 0 Å². The Bertz CT molecular complexity index is 900. The largest absolute Gasteiger partial charge is 0.311 e. The Morgan fingerprint density at radius 1 is 0.909 bits per heavy atom. The fourth-order valence-corrected chi connectivity index (χ4v) is 2.49. The lowest BCUT2D eigenvalue weighted by Gasteiger charge is -2.04. The summed E-state index contributed by atoms with van der Waals surface area (Å²) in [5, 5.41) is 0. The highest BCUT2D eigenvalue weighted by Gasteiger charge is 2.11. The highest BCUT2D eigenvalue weighted by Crippen LogP contribution is 2.23. The first-order valence-corrected chi connectivity index (χ1v) is 7.02. The van der Waals surface area contributed by atoms with Crippen molar-refractivity contribution in [3.63, 3.8) is 0 Å². The summed E-state index contributed by atoms with van der Waals surface area (Å²) >= 11 is 0. The lowest BCUT2D eigenvalue weighted by atomic mass is 10.2. The van der Waals surface area contributed by atoms with Crippen molar-refractivity contribution >= 4 is 11.2 Å². The van der Waals surface area contributed by atoms with Gasteiger partial charge in [0.1, 0.15) is 17.5 Å². The molecule has 0 amide bonds. The van der Waals surface area contributed by atoms with Gasteiger partial charge in [-0.15, -0.1) is 0 Å². The Labute approximate surface area is 127 Å². The third kappa shape index (κ3) is 2.22. The van der Waals surface area contributed by atoms with Crippen LogP contribution in [0.2, 0.25) is 0 Å². The van der Waals surface area contributed by atoms with Crippen molar-refractivity contribution in [2.24, 2.45) is 0 Å². The molecule has 0 fully saturated rings. The Morgan fingerprint density at radius 3 is 2.64 bits per heavy atom. The maximum atomic E-state index is 4.50. The van der Waals surface area contributed by atoms with Gasteiger partial charge >= 0.3 is 0 Å². The zero-order valence-corrected chi connectivity index (χ0v) is 11.8. The van der Waals surface area contributed by atoms with E-state index in [-0.39, 0.29) is 0 Å². The van der Waals surface area contributed by atoms with Crippen molar-refractivity contribution in [2.75, 3.05) is 0 Å². The van der Waals surface area contributed by atoms with Gasteiger partial charge in [0.05, 0.1) is 12.9 Å². The zero-order chi connectivity index (χ0) is 14.8. The zero-order valence-electron chi connectivity index (χ0n) is 11.8. The molecule has 4 rings (SSSR count). The van der Waals surface area contributed by atoms with Crippen LogP contribution in [-0.2, 0) is 6.54 Å². The quantitative estimate of drug-likeness (QED) is 0.581. The molecule has 1 aromatic carbocycles. The molecule has 5 nitrogen and oxygen atoms in total. The van der Waals surface area contributed by atoms with Gasteiger partial charge in [0, 0.05) is 18.0 Å². The van der Waals surface area contributed by atoms with Crippen LogP contribution in [-0.4, -0.2) is 24.5 Å². The molecule has 106 valence electrons. The second kappa shape index (κ2) is 5.37. The van der Waals surface area contributed by atoms with Gasteiger partial charge in [-0.3, -0.25) is 4.98 Å². The molecule has 0 unspecified atom stereocenters. The van der Waals surface area contributed by atoms with E-state index in [2.05, 4.69) is 32.1 Å². The summed E-state index contributed by atoms with van der Waals surface area (Å²) in [6, 6.07) is 14.1. The van der Waals surface area contributed by atoms with E-state index in [4.69, 9.17) is 0 Å². The number of nitrogens with zero attached hydrogens (tertiary/aromatic N) is 5. The van der Waals surface area contributed by atoms with Crippen LogP contribution in [0.4, 0.5) is 0 Å². The maximum Gasteiger partial charge on any atom is 0.164 e. The minimum Gasteiger partial charge on any atom is -0.311 e. The predicted molar refractivity (Wildman–Crippen MR) is 84.1 cm³/mol. The first kappa shape index (κ1) is 12.6. The van der Waals surface area contributed by atoms with Crippen molar-refractivity contribution in [1.82, 2.24) is 24.5 Å². The van der Waals surface area contributed by atoms with Gasteiger partial charge in [0.25, 0.3) is 0 Å². The maximum absolute atomic E-state index is 4.50. The molecular weight excluding hydrogens is 274 g/mol. The second-order valence-electron chi connectivity index (χ2n) is 4.99. The fourth-order valence-electron chi connectivity index (χ4n) is 2.49. The van der Waals surface area contributed by atoms with Crippen LogP contribution in [0.25, 0.3) is 22.4 Å². The molecule has 0 aliphatic carbocycles. The van der Waals surface area contributed by atoms with Gasteiger partial charge in [-0.05, 0) is 17.7 Å². The van der Waals surface area contributed by atoms with Gasteiger partial charge in [-0.25, -0.2) is 15.0 Å². The van der Waals surface area contributed by atoms with E-state index in [0.29, 0.717) is 0 Å². The summed E-state index contributed by atoms with van der Waals surface area (Å²) in [6.45, 7) is 0.737. The van der Waals surface area contributed by atoms with Gasteiger partial charge in [0.2, 0.25) is 0 Å². The third-order valence-corrected chi connectivity index (χ3v) is 3.53. The van der Waals surface area contributed by atoms with Crippen LogP contribution in [0.15, 0.2) is 67.5 Å². The smallest absolute Gasteiger partial charge is 0.164 e. The van der Waals surface area contributed by atoms with E-state index >= 15 is 0 Å². The van der Waals surface area contributed by atoms with Crippen LogP contribution >= 0.6 is 0 Å². The molecule has 0 aliphatic rings. The summed E-state index contributed by atoms with van der Waals surface area (Å²) < 4.78 is 2.03. The molecule has 0 saturated carbocycles. The van der Waals surface area contributed by atoms with Crippen LogP contribution in [0.3, 0.4) is 0 Å². The standard InChI is InChI=1S/C17H13N5/c1-2-5-13(6-3-1)10-22-12-21-16-15(19-11-20-17(16)22)14-7-4-8-18-9-14/h1-9,11-12H,10H2. The average Bonchev–Trinajstić information content (AvgIpc) is 3.00. The second-order valence-corrected chi connectivity index (χ2v) is 4.99. The van der Waals surface area contributed by atoms with Gasteiger partial charge in [-0.1, -0.05) is 30.3 Å². The highest BCUT2D eigenvalue weighted by molar-refractivity contribution is 5.86. The van der Waals surface area contributed by atoms with Crippen molar-refractivity contribution in [1.29, 1.82) is 0 Å². The van der Waals surface area contributed by atoms with E-state index in [9.17, 15) is 0 Å². The van der Waals surface area contributed by atoms with Crippen molar-refractivity contribution in [3.8, 4) is 11.3 Å². The first-order valence-electron chi connectivity index (χ1n) is 7.02. The summed E-state index contributed by atoms with van der Waals surface area (Å²) in [5.41, 5.74) is 4.59. The number of imidazole rings is 1. The van der Waals surface area contributed by atoms with E-state index in [1.54, 1.807) is 18.7 Å². The lowest BCUT2D eigenvalue weighted by molar-refractivity contribution is 0.813. The first-order chi connectivity index (χ1) is 10.9. The molecule has 3 aromatic heterocycles. The molecule has 3 heterocycles. The van der Waals surface area contributed by atoms with Gasteiger partial charge in [0.15, 0.2) is 5.65 Å². The molecule has 4 aromatic rings. The molecule has 0 radical (unpaired) electrons. The van der Waals surface area contributed by atoms with Crippen LogP contribution in [0.5, 0.6) is 0 Å². The molecule has 0 N–H and O–H groups in total. The van der Waals surface area contributed by atoms with E-state index in [0.717, 1.165) is 29.0 Å². The Balaban J connectivity index is 1.80. The normalized spacial score (nSPS) is 10.9. The number of rotatable bonds is 3. The molecule has 22 heavy (non-hydrogen) atoms. The van der Waals surface area contributed by atoms with Crippen molar-refractivity contribution in [3.05, 3.63) is 73.1 Å². The summed E-state index contributed by atoms with van der Waals surface area (Å²) in [6.07, 6.45) is 6.92. The Kier molecular flexibility index (Phi) is 3.08. The predicted octanol–water partition coefficient (Wildman–Crippen LogP) is 2.94. The van der Waals surface area contributed by atoms with Gasteiger partial charge < -0.3 is 4.57 Å². The topological polar surface area (TPSA) is 56.5 Å². The molecule has 5 heteroatoms. The third-order valence-electron chi connectivity index (χ3n) is 3.53. The summed E-state index contributed by atoms with van der Waals surface area (Å²) in [7, 11) is 0. The van der Waals surface area contributed by atoms with Crippen LogP contribution in [0, 0.1) is 0 Å². The minimum absolute atomic E-state index is 0.737. The fraction of sp³-hybridized carbons (Fsp3) is 0.0588. The minimum atomic E-state index is 0.737. The Hall–Kier alpha value is -3.08. The summed E-state index contributed by atoms with van der Waals surface area (Å²) in [4.78, 5) is 17.4. The van der Waals surface area contributed by atoms with Crippen LogP contribution in [0.1, 0.15) is 5.56 Å². The SMILES string of the molecule is c1ccc(Cn2cnc3c(-c4cccnc4)ncnc32)cc1. The van der Waals surface area contributed by atoms with Crippen LogP contribution < -0.4 is 0 Å². The molecule has 0 atom stereocenters.